The lowest BCUT2D eigenvalue weighted by atomic mass is 9.98. The lowest BCUT2D eigenvalue weighted by molar-refractivity contribution is 0.0800. The number of ether oxygens (including phenoxy) is 1. The maximum absolute atomic E-state index is 13.4. The average molecular weight is 671 g/mol. The topological polar surface area (TPSA) is 91.5 Å². The molecule has 2 aliphatic rings. The summed E-state index contributed by atoms with van der Waals surface area (Å²) in [6.07, 6.45) is 4.97. The Bertz CT molecular complexity index is 1570. The fourth-order valence-corrected chi connectivity index (χ4v) is 5.52. The van der Waals surface area contributed by atoms with Gasteiger partial charge in [0.25, 0.3) is 0 Å². The number of pyridine rings is 1. The van der Waals surface area contributed by atoms with Gasteiger partial charge in [-0.2, -0.15) is 0 Å². The van der Waals surface area contributed by atoms with Crippen LogP contribution >= 0.6 is 34.6 Å². The summed E-state index contributed by atoms with van der Waals surface area (Å²) in [5, 5.41) is 4.99. The number of carbonyl (C=O) groups is 2. The summed E-state index contributed by atoms with van der Waals surface area (Å²) >= 11 is 8.09. The summed E-state index contributed by atoms with van der Waals surface area (Å²) in [5.41, 5.74) is 6.49. The highest BCUT2D eigenvalue weighted by molar-refractivity contribution is 14.1. The van der Waals surface area contributed by atoms with Crippen LogP contribution in [0.2, 0.25) is 5.02 Å². The van der Waals surface area contributed by atoms with Gasteiger partial charge in [-0.25, -0.2) is 9.78 Å². The van der Waals surface area contributed by atoms with Crippen molar-refractivity contribution in [2.75, 3.05) is 0 Å². The van der Waals surface area contributed by atoms with Crippen LogP contribution in [0, 0.1) is 6.92 Å². The molecule has 7 nitrogen and oxygen atoms in total. The minimum atomic E-state index is -0.488. The van der Waals surface area contributed by atoms with Crippen molar-refractivity contribution in [1.29, 1.82) is 0 Å². The molecule has 6 rings (SSSR count). The Labute approximate surface area is 251 Å². The molecule has 4 aromatic rings. The molecule has 1 fully saturated rings. The highest BCUT2D eigenvalue weighted by atomic mass is 127. The predicted octanol–water partition coefficient (Wildman–Crippen LogP) is 8.02. The van der Waals surface area contributed by atoms with Gasteiger partial charge in [0.05, 0.1) is 16.1 Å². The number of hydrogen-bond acceptors (Lipinski definition) is 7. The Morgan fingerprint density at radius 1 is 1.10 bits per heavy atom. The average Bonchev–Trinajstić information content (AvgIpc) is 3.76. The molecule has 1 saturated carbocycles. The zero-order valence-corrected chi connectivity index (χ0v) is 25.3. The molecule has 0 saturated heterocycles. The van der Waals surface area contributed by atoms with Crippen molar-refractivity contribution >= 4 is 46.4 Å². The van der Waals surface area contributed by atoms with Crippen molar-refractivity contribution in [3.63, 3.8) is 0 Å². The number of nitrogens with zero attached hydrogens (tertiary/aromatic N) is 2. The van der Waals surface area contributed by atoms with Crippen molar-refractivity contribution in [2.45, 2.75) is 59.0 Å². The van der Waals surface area contributed by atoms with Crippen molar-refractivity contribution in [3.05, 3.63) is 98.4 Å². The second-order valence-electron chi connectivity index (χ2n) is 9.61. The van der Waals surface area contributed by atoms with Gasteiger partial charge >= 0.3 is 5.97 Å². The Morgan fingerprint density at radius 3 is 2.60 bits per heavy atom. The van der Waals surface area contributed by atoms with E-state index >= 15 is 0 Å². The van der Waals surface area contributed by atoms with Gasteiger partial charge in [-0.15, -0.1) is 0 Å². The van der Waals surface area contributed by atoms with Crippen LogP contribution in [0.25, 0.3) is 11.3 Å². The summed E-state index contributed by atoms with van der Waals surface area (Å²) in [6, 6.07) is 12.7. The molecule has 0 aliphatic heterocycles. The van der Waals surface area contributed by atoms with Crippen LogP contribution in [0.3, 0.4) is 0 Å². The summed E-state index contributed by atoms with van der Waals surface area (Å²) < 4.78 is 16.7. The van der Waals surface area contributed by atoms with Gasteiger partial charge in [-0.1, -0.05) is 48.8 Å². The third-order valence-electron chi connectivity index (χ3n) is 7.12. The number of rotatable bonds is 6. The van der Waals surface area contributed by atoms with Crippen LogP contribution in [0.4, 0.5) is 0 Å². The van der Waals surface area contributed by atoms with Crippen molar-refractivity contribution < 1.29 is 21.9 Å². The van der Waals surface area contributed by atoms with E-state index in [0.29, 0.717) is 52.0 Å². The zero-order valence-electron chi connectivity index (χ0n) is 22.4. The van der Waals surface area contributed by atoms with Crippen molar-refractivity contribution in [2.24, 2.45) is 0 Å². The lowest BCUT2D eigenvalue weighted by Gasteiger charge is -2.11. The molecule has 206 valence electrons. The fraction of sp³-hybridized carbons (Fsp3) is 0.290. The van der Waals surface area contributed by atoms with Gasteiger partial charge in [-0.05, 0) is 67.5 Å². The summed E-state index contributed by atoms with van der Waals surface area (Å²) in [6.45, 7) is 6.21. The van der Waals surface area contributed by atoms with Gasteiger partial charge in [0, 0.05) is 34.9 Å². The highest BCUT2D eigenvalue weighted by Gasteiger charge is 2.33. The Balaban J connectivity index is 0.00000158. The molecule has 2 heterocycles. The van der Waals surface area contributed by atoms with Gasteiger partial charge in [-0.3, -0.25) is 4.79 Å². The number of aromatic nitrogens is 2. The molecular formula is C31H28ClIN2O5. The van der Waals surface area contributed by atoms with Gasteiger partial charge in [0.2, 0.25) is 5.88 Å². The van der Waals surface area contributed by atoms with Crippen LogP contribution in [0.1, 0.15) is 86.9 Å². The summed E-state index contributed by atoms with van der Waals surface area (Å²) in [7, 11) is 0. The molecule has 2 aliphatic carbocycles. The number of halogens is 2. The van der Waals surface area contributed by atoms with Crippen LogP contribution in [-0.2, 0) is 22.5 Å². The first-order valence-corrected chi connectivity index (χ1v) is 14.6. The lowest BCUT2D eigenvalue weighted by Crippen LogP contribution is -2.08. The summed E-state index contributed by atoms with van der Waals surface area (Å²) in [5.74, 6) is 0.935. The quantitative estimate of drug-likeness (QED) is 0.192. The normalized spacial score (nSPS) is 13.9. The van der Waals surface area contributed by atoms with E-state index in [9.17, 15) is 9.59 Å². The van der Waals surface area contributed by atoms with Gasteiger partial charge in [0.15, 0.2) is 28.8 Å². The number of hydrogen-bond donors (Lipinski definition) is 0. The molecule has 0 unspecified atom stereocenters. The van der Waals surface area contributed by atoms with Crippen LogP contribution in [-0.4, -0.2) is 21.9 Å². The Kier molecular flexibility index (Phi) is 8.56. The first kappa shape index (κ1) is 28.3. The van der Waals surface area contributed by atoms with E-state index in [1.165, 1.54) is 0 Å². The molecule has 0 spiro atoms. The van der Waals surface area contributed by atoms with Gasteiger partial charge < -0.3 is 12.3 Å². The van der Waals surface area contributed by atoms with Crippen LogP contribution in [0.5, 0.6) is 5.88 Å². The standard InChI is InChI=1S/C29H22ClIN2O5.C2H6/c1-15-3-2-4-23(30)25(15)26-22(28(38-33-26)17-7-8-17)14-36-24-12-18-9-5-16-6-10-19(29(35)37-31)11-20(16)27(34)21(18)13-32-24;1-2/h2-4,6,10-13,17H,5,7-9,14H2,1H3;1-2H3. The third-order valence-corrected chi connectivity index (χ3v) is 7.84. The van der Waals surface area contributed by atoms with E-state index in [4.69, 9.17) is 23.9 Å². The fourth-order valence-electron chi connectivity index (χ4n) is 4.96. The van der Waals surface area contributed by atoms with Gasteiger partial charge in [0.1, 0.15) is 18.1 Å². The molecule has 2 aromatic heterocycles. The highest BCUT2D eigenvalue weighted by Crippen LogP contribution is 2.45. The monoisotopic (exact) mass is 670 g/mol. The number of carbonyl (C=O) groups excluding carboxylic acids is 2. The minimum absolute atomic E-state index is 0.166. The van der Waals surface area contributed by atoms with E-state index < -0.39 is 5.97 Å². The largest absolute Gasteiger partial charge is 0.473 e. The SMILES string of the molecule is CC.Cc1cccc(Cl)c1-c1noc(C2CC2)c1COc1cc2c(cn1)C(=O)c1cc(C(=O)OI)ccc1CC2. The number of benzene rings is 2. The maximum Gasteiger partial charge on any atom is 0.347 e. The molecule has 9 heteroatoms. The number of aryl methyl sites for hydroxylation is 3. The molecule has 40 heavy (non-hydrogen) atoms. The zero-order chi connectivity index (χ0) is 28.4. The third kappa shape index (κ3) is 5.51. The van der Waals surface area contributed by atoms with Crippen molar-refractivity contribution in [1.82, 2.24) is 10.1 Å². The van der Waals surface area contributed by atoms with E-state index in [0.717, 1.165) is 46.4 Å². The predicted molar refractivity (Wildman–Crippen MR) is 160 cm³/mol. The minimum Gasteiger partial charge on any atom is -0.473 e. The first-order chi connectivity index (χ1) is 19.4. The number of fused-ring (bicyclic) bond motifs is 2. The van der Waals surface area contributed by atoms with E-state index in [1.54, 1.807) is 41.3 Å². The van der Waals surface area contributed by atoms with Crippen molar-refractivity contribution in [3.8, 4) is 17.1 Å². The van der Waals surface area contributed by atoms with Crippen LogP contribution in [0.15, 0.2) is 53.2 Å². The molecule has 2 aromatic carbocycles. The molecular weight excluding hydrogens is 643 g/mol. The smallest absolute Gasteiger partial charge is 0.347 e. The van der Waals surface area contributed by atoms with Crippen LogP contribution < -0.4 is 4.74 Å². The molecule has 0 bridgehead atoms. The number of ketones is 1. The van der Waals surface area contributed by atoms with E-state index in [-0.39, 0.29) is 12.4 Å². The van der Waals surface area contributed by atoms with E-state index in [1.807, 2.05) is 51.1 Å². The summed E-state index contributed by atoms with van der Waals surface area (Å²) in [4.78, 5) is 29.8. The van der Waals surface area contributed by atoms with E-state index in [2.05, 4.69) is 10.1 Å². The molecule has 0 N–H and O–H groups in total. The molecule has 0 atom stereocenters. The second-order valence-corrected chi connectivity index (χ2v) is 10.5. The Hall–Kier alpha value is -3.24. The molecule has 0 radical (unpaired) electrons. The Morgan fingerprint density at radius 2 is 1.88 bits per heavy atom. The second kappa shape index (κ2) is 12.1. The first-order valence-electron chi connectivity index (χ1n) is 13.3. The molecule has 0 amide bonds. The maximum atomic E-state index is 13.4.